The lowest BCUT2D eigenvalue weighted by Gasteiger charge is -2.30. The highest BCUT2D eigenvalue weighted by Crippen LogP contribution is 2.19. The zero-order chi connectivity index (χ0) is 15.5. The minimum absolute atomic E-state index is 0.0118. The van der Waals surface area contributed by atoms with Gasteiger partial charge in [-0.05, 0) is 44.2 Å². The number of sulfonamides is 1. The van der Waals surface area contributed by atoms with E-state index < -0.39 is 19.9 Å². The molecule has 0 aromatic carbocycles. The van der Waals surface area contributed by atoms with Gasteiger partial charge >= 0.3 is 0 Å². The summed E-state index contributed by atoms with van der Waals surface area (Å²) in [7, 11) is -6.38. The normalized spacial score (nSPS) is 28.0. The second kappa shape index (κ2) is 6.93. The highest BCUT2D eigenvalue weighted by Gasteiger charge is 2.31. The molecule has 2 rings (SSSR count). The Kier molecular flexibility index (Phi) is 5.67. The van der Waals surface area contributed by atoms with Crippen LogP contribution in [0.5, 0.6) is 0 Å². The number of nitrogens with one attached hydrogen (secondary N) is 1. The van der Waals surface area contributed by atoms with Crippen LogP contribution in [-0.4, -0.2) is 65.2 Å². The van der Waals surface area contributed by atoms with Gasteiger partial charge in [0.1, 0.15) is 0 Å². The topological polar surface area (TPSA) is 83.6 Å². The summed E-state index contributed by atoms with van der Waals surface area (Å²) in [6, 6.07) is 0. The van der Waals surface area contributed by atoms with Gasteiger partial charge in [-0.15, -0.1) is 0 Å². The molecule has 124 valence electrons. The first-order valence-corrected chi connectivity index (χ1v) is 11.1. The Morgan fingerprint density at radius 2 is 1.86 bits per heavy atom. The van der Waals surface area contributed by atoms with Crippen LogP contribution in [0.2, 0.25) is 0 Å². The molecular weight excluding hydrogens is 312 g/mol. The third-order valence-corrected chi connectivity index (χ3v) is 7.80. The van der Waals surface area contributed by atoms with E-state index in [9.17, 15) is 16.8 Å². The van der Waals surface area contributed by atoms with E-state index in [0.29, 0.717) is 13.0 Å². The molecule has 0 saturated carbocycles. The summed E-state index contributed by atoms with van der Waals surface area (Å²) in [6.07, 6.45) is 2.81. The van der Waals surface area contributed by atoms with Gasteiger partial charge in [0, 0.05) is 13.1 Å². The van der Waals surface area contributed by atoms with Crippen LogP contribution in [0.25, 0.3) is 0 Å². The first kappa shape index (κ1) is 17.2. The predicted molar refractivity (Wildman–Crippen MR) is 83.4 cm³/mol. The van der Waals surface area contributed by atoms with Crippen molar-refractivity contribution in [3.8, 4) is 0 Å². The maximum atomic E-state index is 12.0. The van der Waals surface area contributed by atoms with Crippen molar-refractivity contribution in [1.29, 1.82) is 0 Å². The molecule has 1 atom stereocenters. The summed E-state index contributed by atoms with van der Waals surface area (Å²) >= 11 is 0. The molecule has 1 N–H and O–H groups in total. The highest BCUT2D eigenvalue weighted by molar-refractivity contribution is 7.92. The lowest BCUT2D eigenvalue weighted by Crippen LogP contribution is -2.40. The predicted octanol–water partition coefficient (Wildman–Crippen LogP) is 0.0724. The average Bonchev–Trinajstić information content (AvgIpc) is 2.70. The van der Waals surface area contributed by atoms with Crippen molar-refractivity contribution in [1.82, 2.24) is 9.62 Å². The molecule has 6 nitrogen and oxygen atoms in total. The van der Waals surface area contributed by atoms with Gasteiger partial charge < -0.3 is 4.90 Å². The van der Waals surface area contributed by atoms with E-state index in [2.05, 4.69) is 16.5 Å². The molecule has 2 fully saturated rings. The van der Waals surface area contributed by atoms with Gasteiger partial charge in [0.15, 0.2) is 9.84 Å². The van der Waals surface area contributed by atoms with Crippen LogP contribution in [0.3, 0.4) is 0 Å². The summed E-state index contributed by atoms with van der Waals surface area (Å²) in [4.78, 5) is 2.28. The first-order chi connectivity index (χ1) is 9.76. The zero-order valence-corrected chi connectivity index (χ0v) is 14.3. The molecule has 0 aliphatic carbocycles. The summed E-state index contributed by atoms with van der Waals surface area (Å²) in [5.74, 6) is 0.589. The van der Waals surface area contributed by atoms with Gasteiger partial charge in [-0.1, -0.05) is 6.92 Å². The quantitative estimate of drug-likeness (QED) is 0.741. The van der Waals surface area contributed by atoms with Crippen molar-refractivity contribution in [2.45, 2.75) is 26.2 Å². The molecule has 2 aliphatic rings. The number of piperidine rings is 1. The van der Waals surface area contributed by atoms with Crippen LogP contribution >= 0.6 is 0 Å². The molecule has 2 saturated heterocycles. The van der Waals surface area contributed by atoms with Crippen LogP contribution in [0.1, 0.15) is 26.2 Å². The van der Waals surface area contributed by atoms with E-state index in [4.69, 9.17) is 0 Å². The number of hydrogen-bond acceptors (Lipinski definition) is 5. The van der Waals surface area contributed by atoms with Crippen LogP contribution in [-0.2, 0) is 19.9 Å². The third-order valence-electron chi connectivity index (χ3n) is 4.41. The van der Waals surface area contributed by atoms with Crippen molar-refractivity contribution in [3.63, 3.8) is 0 Å². The number of hydrogen-bond donors (Lipinski definition) is 1. The Hall–Kier alpha value is -0.180. The second-order valence-corrected chi connectivity index (χ2v) is 10.5. The van der Waals surface area contributed by atoms with Crippen LogP contribution in [0, 0.1) is 11.8 Å². The van der Waals surface area contributed by atoms with E-state index in [1.165, 1.54) is 12.8 Å². The second-order valence-electron chi connectivity index (χ2n) is 6.47. The van der Waals surface area contributed by atoms with Gasteiger partial charge in [-0.2, -0.15) is 0 Å². The lowest BCUT2D eigenvalue weighted by atomic mass is 9.99. The smallest absolute Gasteiger partial charge is 0.211 e. The number of sulfone groups is 1. The fourth-order valence-corrected chi connectivity index (χ4v) is 6.45. The molecule has 0 spiro atoms. The molecule has 0 amide bonds. The average molecular weight is 338 g/mol. The van der Waals surface area contributed by atoms with Crippen LogP contribution in [0.4, 0.5) is 0 Å². The van der Waals surface area contributed by atoms with Gasteiger partial charge in [0.2, 0.25) is 10.0 Å². The minimum atomic E-state index is -3.37. The molecule has 0 unspecified atom stereocenters. The molecule has 0 radical (unpaired) electrons. The Morgan fingerprint density at radius 3 is 2.43 bits per heavy atom. The molecule has 21 heavy (non-hydrogen) atoms. The highest BCUT2D eigenvalue weighted by atomic mass is 32.2. The Bertz CT molecular complexity index is 537. The van der Waals surface area contributed by atoms with Gasteiger partial charge in [0.05, 0.1) is 17.3 Å². The number of likely N-dealkylation sites (tertiary alicyclic amines) is 1. The molecule has 0 aromatic heterocycles. The molecular formula is C13H26N2O4S2. The monoisotopic (exact) mass is 338 g/mol. The fraction of sp³-hybridized carbons (Fsp3) is 1.00. The minimum Gasteiger partial charge on any atom is -0.302 e. The van der Waals surface area contributed by atoms with Crippen molar-refractivity contribution in [2.24, 2.45) is 11.8 Å². The molecule has 2 heterocycles. The van der Waals surface area contributed by atoms with Crippen LogP contribution in [0.15, 0.2) is 0 Å². The van der Waals surface area contributed by atoms with Gasteiger partial charge in [-0.3, -0.25) is 0 Å². The van der Waals surface area contributed by atoms with E-state index in [1.54, 1.807) is 0 Å². The summed E-state index contributed by atoms with van der Waals surface area (Å²) in [5.41, 5.74) is 0. The maximum absolute atomic E-state index is 12.0. The fourth-order valence-electron chi connectivity index (χ4n) is 3.02. The summed E-state index contributed by atoms with van der Waals surface area (Å²) in [5, 5.41) is 0. The van der Waals surface area contributed by atoms with Crippen molar-refractivity contribution in [2.75, 3.05) is 43.4 Å². The number of nitrogens with zero attached hydrogens (tertiary/aromatic N) is 1. The largest absolute Gasteiger partial charge is 0.302 e. The Morgan fingerprint density at radius 1 is 1.19 bits per heavy atom. The van der Waals surface area contributed by atoms with E-state index >= 15 is 0 Å². The van der Waals surface area contributed by atoms with E-state index in [-0.39, 0.29) is 23.2 Å². The summed E-state index contributed by atoms with van der Waals surface area (Å²) in [6.45, 7) is 5.45. The molecule has 0 aromatic rings. The lowest BCUT2D eigenvalue weighted by molar-refractivity contribution is 0.195. The van der Waals surface area contributed by atoms with Crippen LogP contribution < -0.4 is 4.72 Å². The number of rotatable bonds is 6. The first-order valence-electron chi connectivity index (χ1n) is 7.66. The molecule has 0 bridgehead atoms. The zero-order valence-electron chi connectivity index (χ0n) is 12.6. The maximum Gasteiger partial charge on any atom is 0.211 e. The molecule has 2 aliphatic heterocycles. The SMILES string of the molecule is CC1CCN(CCNS(=O)(=O)C[C@H]2CCS(=O)(=O)C2)CC1. The Labute approximate surface area is 128 Å². The van der Waals surface area contributed by atoms with Crippen molar-refractivity contribution in [3.05, 3.63) is 0 Å². The summed E-state index contributed by atoms with van der Waals surface area (Å²) < 4.78 is 49.2. The molecule has 8 heteroatoms. The standard InChI is InChI=1S/C13H26N2O4S2/c1-12-2-6-15(7-3-12)8-5-14-21(18,19)11-13-4-9-20(16,17)10-13/h12-14H,2-11H2,1H3/t13-/m0/s1. The Balaban J connectivity index is 1.69. The van der Waals surface area contributed by atoms with E-state index in [1.807, 2.05) is 0 Å². The third kappa shape index (κ3) is 5.84. The van der Waals surface area contributed by atoms with Gasteiger partial charge in [-0.25, -0.2) is 21.6 Å². The van der Waals surface area contributed by atoms with Crippen molar-refractivity contribution >= 4 is 19.9 Å². The van der Waals surface area contributed by atoms with Crippen molar-refractivity contribution < 1.29 is 16.8 Å². The van der Waals surface area contributed by atoms with Gasteiger partial charge in [0.25, 0.3) is 0 Å². The van der Waals surface area contributed by atoms with E-state index in [0.717, 1.165) is 25.6 Å².